The first-order valence-corrected chi connectivity index (χ1v) is 6.57. The van der Waals surface area contributed by atoms with E-state index in [4.69, 9.17) is 11.6 Å². The van der Waals surface area contributed by atoms with Crippen molar-refractivity contribution in [1.29, 1.82) is 0 Å². The largest absolute Gasteiger partial charge is 0.293 e. The Bertz CT molecular complexity index is 617. The van der Waals surface area contributed by atoms with Crippen LogP contribution in [0.25, 0.3) is 0 Å². The van der Waals surface area contributed by atoms with Crippen molar-refractivity contribution in [3.63, 3.8) is 0 Å². The first-order chi connectivity index (χ1) is 8.97. The van der Waals surface area contributed by atoms with Gasteiger partial charge in [-0.2, -0.15) is 0 Å². The lowest BCUT2D eigenvalue weighted by Gasteiger charge is -2.09. The molecule has 19 heavy (non-hydrogen) atoms. The minimum Gasteiger partial charge on any atom is -0.293 e. The zero-order chi connectivity index (χ0) is 14.0. The van der Waals surface area contributed by atoms with Crippen molar-refractivity contribution in [2.75, 3.05) is 0 Å². The zero-order valence-electron chi connectivity index (χ0n) is 11.3. The van der Waals surface area contributed by atoms with E-state index >= 15 is 0 Å². The maximum atomic E-state index is 11.5. The second-order valence-electron chi connectivity index (χ2n) is 4.78. The second-order valence-corrected chi connectivity index (χ2v) is 5.16. The Morgan fingerprint density at radius 3 is 2.42 bits per heavy atom. The molecule has 0 atom stereocenters. The van der Waals surface area contributed by atoms with Gasteiger partial charge in [0.15, 0.2) is 5.78 Å². The van der Waals surface area contributed by atoms with E-state index in [1.807, 2.05) is 6.92 Å². The first-order valence-electron chi connectivity index (χ1n) is 6.20. The number of hydrogen-bond acceptors (Lipinski definition) is 2. The van der Waals surface area contributed by atoms with Crippen LogP contribution in [0.15, 0.2) is 30.3 Å². The van der Waals surface area contributed by atoms with E-state index < -0.39 is 0 Å². The van der Waals surface area contributed by atoms with E-state index in [9.17, 15) is 4.79 Å². The zero-order valence-corrected chi connectivity index (χ0v) is 12.1. The number of hydrogen-bond donors (Lipinski definition) is 0. The van der Waals surface area contributed by atoms with Gasteiger partial charge in [-0.25, -0.2) is 4.98 Å². The summed E-state index contributed by atoms with van der Waals surface area (Å²) in [6.45, 7) is 5.40. The summed E-state index contributed by atoms with van der Waals surface area (Å²) in [6.07, 6.45) is 0.711. The summed E-state index contributed by atoms with van der Waals surface area (Å²) >= 11 is 6.28. The van der Waals surface area contributed by atoms with E-state index in [1.54, 1.807) is 6.07 Å². The molecule has 0 radical (unpaired) electrons. The summed E-state index contributed by atoms with van der Waals surface area (Å²) in [5, 5.41) is 0.644. The summed E-state index contributed by atoms with van der Waals surface area (Å²) in [6, 6.07) is 10.1. The molecule has 0 aliphatic carbocycles. The molecule has 0 N–H and O–H groups in total. The highest BCUT2D eigenvalue weighted by Gasteiger charge is 2.11. The summed E-state index contributed by atoms with van der Waals surface area (Å²) in [5.74, 6) is -0.0371. The Morgan fingerprint density at radius 2 is 1.84 bits per heavy atom. The predicted octanol–water partition coefficient (Wildman–Crippen LogP) is 4.15. The van der Waals surface area contributed by atoms with Crippen LogP contribution in [0, 0.1) is 13.8 Å². The highest BCUT2D eigenvalue weighted by molar-refractivity contribution is 6.32. The van der Waals surface area contributed by atoms with Gasteiger partial charge in [-0.3, -0.25) is 4.79 Å². The van der Waals surface area contributed by atoms with Crippen LogP contribution in [0.4, 0.5) is 0 Å². The quantitative estimate of drug-likeness (QED) is 0.787. The number of aryl methyl sites for hydroxylation is 2. The maximum Gasteiger partial charge on any atom is 0.178 e. The van der Waals surface area contributed by atoms with E-state index in [-0.39, 0.29) is 5.78 Å². The highest BCUT2D eigenvalue weighted by atomic mass is 35.5. The molecule has 3 heteroatoms. The monoisotopic (exact) mass is 273 g/mol. The molecule has 2 aromatic rings. The fourth-order valence-corrected chi connectivity index (χ4v) is 2.12. The molecule has 2 rings (SSSR count). The third-order valence-electron chi connectivity index (χ3n) is 3.07. The Morgan fingerprint density at radius 1 is 1.21 bits per heavy atom. The van der Waals surface area contributed by atoms with E-state index in [1.165, 1.54) is 18.1 Å². The lowest BCUT2D eigenvalue weighted by molar-refractivity contribution is 0.101. The minimum absolute atomic E-state index is 0.0371. The van der Waals surface area contributed by atoms with Gasteiger partial charge in [0.05, 0.1) is 10.7 Å². The fraction of sp³-hybridized carbons (Fsp3) is 0.250. The molecule has 98 valence electrons. The summed E-state index contributed by atoms with van der Waals surface area (Å²) in [5.41, 5.74) is 4.53. The van der Waals surface area contributed by atoms with Crippen LogP contribution < -0.4 is 0 Å². The van der Waals surface area contributed by atoms with E-state index in [2.05, 4.69) is 36.2 Å². The summed E-state index contributed by atoms with van der Waals surface area (Å²) in [4.78, 5) is 15.7. The van der Waals surface area contributed by atoms with Crippen molar-refractivity contribution < 1.29 is 4.79 Å². The van der Waals surface area contributed by atoms with Gasteiger partial charge < -0.3 is 0 Å². The Kier molecular flexibility index (Phi) is 4.01. The number of Topliss-reactive ketones (excluding diaryl/α,β-unsaturated/α-hetero) is 1. The average Bonchev–Trinajstić information content (AvgIpc) is 2.37. The molecule has 0 unspecified atom stereocenters. The molecule has 1 aromatic heterocycles. The molecule has 0 spiro atoms. The van der Waals surface area contributed by atoms with Crippen LogP contribution in [-0.4, -0.2) is 10.8 Å². The standard InChI is InChI=1S/C16H16ClNO/c1-10-4-6-13(7-5-10)8-14-9-15(12(3)19)18-11(2)16(14)17/h4-7,9H,8H2,1-3H3. The molecule has 0 amide bonds. The van der Waals surface area contributed by atoms with Crippen LogP contribution in [0.3, 0.4) is 0 Å². The van der Waals surface area contributed by atoms with Gasteiger partial charge in [0.1, 0.15) is 5.69 Å². The van der Waals surface area contributed by atoms with Gasteiger partial charge in [-0.15, -0.1) is 0 Å². The molecule has 0 aliphatic rings. The van der Waals surface area contributed by atoms with Crippen molar-refractivity contribution in [3.05, 3.63) is 63.4 Å². The number of pyridine rings is 1. The molecular formula is C16H16ClNO. The van der Waals surface area contributed by atoms with Crippen molar-refractivity contribution in [3.8, 4) is 0 Å². The van der Waals surface area contributed by atoms with Crippen molar-refractivity contribution >= 4 is 17.4 Å². The Hall–Kier alpha value is -1.67. The van der Waals surface area contributed by atoms with Gasteiger partial charge in [-0.05, 0) is 37.5 Å². The number of nitrogens with zero attached hydrogens (tertiary/aromatic N) is 1. The Labute approximate surface area is 118 Å². The van der Waals surface area contributed by atoms with Crippen LogP contribution in [0.2, 0.25) is 5.02 Å². The lowest BCUT2D eigenvalue weighted by Crippen LogP contribution is -2.02. The first kappa shape index (κ1) is 13.8. The maximum absolute atomic E-state index is 11.5. The highest BCUT2D eigenvalue weighted by Crippen LogP contribution is 2.23. The number of ketones is 1. The normalized spacial score (nSPS) is 10.5. The van der Waals surface area contributed by atoms with Gasteiger partial charge in [0.2, 0.25) is 0 Å². The number of carbonyl (C=O) groups excluding carboxylic acids is 1. The van der Waals surface area contributed by atoms with Crippen LogP contribution in [-0.2, 0) is 6.42 Å². The molecule has 1 heterocycles. The van der Waals surface area contributed by atoms with Crippen LogP contribution in [0.5, 0.6) is 0 Å². The number of halogens is 1. The Balaban J connectivity index is 2.38. The number of benzene rings is 1. The lowest BCUT2D eigenvalue weighted by atomic mass is 10.0. The van der Waals surface area contributed by atoms with Crippen molar-refractivity contribution in [2.24, 2.45) is 0 Å². The topological polar surface area (TPSA) is 30.0 Å². The van der Waals surface area contributed by atoms with Crippen molar-refractivity contribution in [2.45, 2.75) is 27.2 Å². The number of rotatable bonds is 3. The van der Waals surface area contributed by atoms with Crippen molar-refractivity contribution in [1.82, 2.24) is 4.98 Å². The molecule has 0 saturated carbocycles. The van der Waals surface area contributed by atoms with Gasteiger partial charge >= 0.3 is 0 Å². The number of carbonyl (C=O) groups is 1. The minimum atomic E-state index is -0.0371. The molecule has 2 nitrogen and oxygen atoms in total. The average molecular weight is 274 g/mol. The predicted molar refractivity (Wildman–Crippen MR) is 78.0 cm³/mol. The fourth-order valence-electron chi connectivity index (χ4n) is 1.96. The molecule has 0 saturated heterocycles. The molecule has 0 fully saturated rings. The van der Waals surface area contributed by atoms with E-state index in [0.717, 1.165) is 5.56 Å². The van der Waals surface area contributed by atoms with Crippen LogP contribution in [0.1, 0.15) is 39.8 Å². The molecular weight excluding hydrogens is 258 g/mol. The SMILES string of the molecule is CC(=O)c1cc(Cc2ccc(C)cc2)c(Cl)c(C)n1. The molecule has 0 bridgehead atoms. The number of aromatic nitrogens is 1. The summed E-state index contributed by atoms with van der Waals surface area (Å²) in [7, 11) is 0. The van der Waals surface area contributed by atoms with Gasteiger partial charge in [-0.1, -0.05) is 41.4 Å². The van der Waals surface area contributed by atoms with Gasteiger partial charge in [0.25, 0.3) is 0 Å². The third-order valence-corrected chi connectivity index (χ3v) is 3.59. The smallest absolute Gasteiger partial charge is 0.178 e. The second kappa shape index (κ2) is 5.54. The van der Waals surface area contributed by atoms with Gasteiger partial charge in [0, 0.05) is 6.92 Å². The third kappa shape index (κ3) is 3.21. The van der Waals surface area contributed by atoms with E-state index in [0.29, 0.717) is 22.8 Å². The van der Waals surface area contributed by atoms with Crippen LogP contribution >= 0.6 is 11.6 Å². The summed E-state index contributed by atoms with van der Waals surface area (Å²) < 4.78 is 0. The molecule has 0 aliphatic heterocycles. The molecule has 1 aromatic carbocycles.